The van der Waals surface area contributed by atoms with Crippen LogP contribution in [0, 0.1) is 5.92 Å². The van der Waals surface area contributed by atoms with E-state index in [0.717, 1.165) is 24.3 Å². The molecule has 1 aliphatic heterocycles. The average molecular weight is 444 g/mol. The van der Waals surface area contributed by atoms with Crippen LogP contribution < -0.4 is 9.46 Å². The molecule has 7 nitrogen and oxygen atoms in total. The molecule has 1 aliphatic rings. The first-order chi connectivity index (χ1) is 13.4. The molecule has 0 saturated carbocycles. The molecule has 1 N–H and O–H groups in total. The lowest BCUT2D eigenvalue weighted by molar-refractivity contribution is -0.274. The van der Waals surface area contributed by atoms with Crippen molar-refractivity contribution in [2.75, 3.05) is 0 Å². The van der Waals surface area contributed by atoms with Crippen molar-refractivity contribution in [2.24, 2.45) is 5.92 Å². The summed E-state index contributed by atoms with van der Waals surface area (Å²) in [7, 11) is -4.16. The van der Waals surface area contributed by atoms with Gasteiger partial charge in [-0.1, -0.05) is 0 Å². The number of nitrogens with zero attached hydrogens (tertiary/aromatic N) is 3. The zero-order chi connectivity index (χ0) is 21.4. The minimum Gasteiger partial charge on any atom is -0.406 e. The zero-order valence-corrected chi connectivity index (χ0v) is 15.3. The summed E-state index contributed by atoms with van der Waals surface area (Å²) in [6.07, 6.45) is -9.37. The minimum absolute atomic E-state index is 0.00884. The Kier molecular flexibility index (Phi) is 5.51. The summed E-state index contributed by atoms with van der Waals surface area (Å²) in [4.78, 5) is -0.349. The summed E-state index contributed by atoms with van der Waals surface area (Å²) in [6.45, 7) is -0.840. The van der Waals surface area contributed by atoms with Gasteiger partial charge in [-0.3, -0.25) is 0 Å². The largest absolute Gasteiger partial charge is 0.573 e. The third kappa shape index (κ3) is 5.18. The average Bonchev–Trinajstić information content (AvgIpc) is 3.01. The Morgan fingerprint density at radius 3 is 2.34 bits per heavy atom. The number of fused-ring (bicyclic) bond motifs is 1. The molecule has 1 atom stereocenters. The van der Waals surface area contributed by atoms with Gasteiger partial charge in [0.15, 0.2) is 0 Å². The maximum Gasteiger partial charge on any atom is 0.573 e. The molecule has 0 aliphatic carbocycles. The van der Waals surface area contributed by atoms with Gasteiger partial charge in [0.05, 0.1) is 17.4 Å². The molecule has 0 spiro atoms. The fraction of sp³-hybridized carbons (Fsp3) is 0.467. The van der Waals surface area contributed by atoms with E-state index in [1.807, 2.05) is 0 Å². The molecule has 0 bridgehead atoms. The monoisotopic (exact) mass is 444 g/mol. The van der Waals surface area contributed by atoms with Crippen LogP contribution in [0.1, 0.15) is 18.1 Å². The molecule has 14 heteroatoms. The topological polar surface area (TPSA) is 86.1 Å². The normalized spacial score (nSPS) is 17.8. The van der Waals surface area contributed by atoms with Crippen LogP contribution in [0.25, 0.3) is 0 Å². The smallest absolute Gasteiger partial charge is 0.406 e. The predicted molar refractivity (Wildman–Crippen MR) is 85.0 cm³/mol. The lowest BCUT2D eigenvalue weighted by Crippen LogP contribution is -2.34. The van der Waals surface area contributed by atoms with Crippen molar-refractivity contribution in [3.05, 3.63) is 35.9 Å². The highest BCUT2D eigenvalue weighted by Crippen LogP contribution is 2.34. The number of hydrogen-bond donors (Lipinski definition) is 1. The van der Waals surface area contributed by atoms with E-state index in [4.69, 9.17) is 0 Å². The molecule has 1 aromatic carbocycles. The van der Waals surface area contributed by atoms with Gasteiger partial charge in [-0.15, -0.1) is 23.4 Å². The zero-order valence-electron chi connectivity index (χ0n) is 14.5. The number of nitrogens with one attached hydrogen (secondary N) is 1. The van der Waals surface area contributed by atoms with Crippen molar-refractivity contribution in [3.8, 4) is 5.75 Å². The van der Waals surface area contributed by atoms with Gasteiger partial charge in [0.25, 0.3) is 0 Å². The molecular formula is C15H14F6N4O3S. The van der Waals surface area contributed by atoms with Gasteiger partial charge in [-0.2, -0.15) is 13.2 Å². The first kappa shape index (κ1) is 21.4. The van der Waals surface area contributed by atoms with Gasteiger partial charge >= 0.3 is 12.5 Å². The van der Waals surface area contributed by atoms with Gasteiger partial charge in [0.1, 0.15) is 17.4 Å². The molecule has 1 aromatic heterocycles. The third-order valence-corrected chi connectivity index (χ3v) is 5.69. The molecule has 2 heterocycles. The van der Waals surface area contributed by atoms with Crippen molar-refractivity contribution in [1.82, 2.24) is 19.5 Å². The van der Waals surface area contributed by atoms with Crippen LogP contribution in [0.15, 0.2) is 29.2 Å². The van der Waals surface area contributed by atoms with E-state index >= 15 is 0 Å². The van der Waals surface area contributed by atoms with E-state index in [1.165, 1.54) is 4.57 Å². The number of sulfonamides is 1. The van der Waals surface area contributed by atoms with E-state index in [1.54, 1.807) is 0 Å². The van der Waals surface area contributed by atoms with Gasteiger partial charge < -0.3 is 9.30 Å². The van der Waals surface area contributed by atoms with E-state index in [2.05, 4.69) is 19.7 Å². The standard InChI is InChI=1S/C15H14F6N4O3S/c16-14(17,18)9-1-6-12-23-24-13(25(12)8-9)7-22-29(26,27)11-4-2-10(3-5-11)28-15(19,20)21/h2-5,9,22H,1,6-8H2/t9-/m1/s1. The first-order valence-electron chi connectivity index (χ1n) is 8.18. The second-order valence-electron chi connectivity index (χ2n) is 6.26. The molecular weight excluding hydrogens is 430 g/mol. The van der Waals surface area contributed by atoms with Gasteiger partial charge in [0, 0.05) is 13.0 Å². The fourth-order valence-corrected chi connectivity index (χ4v) is 3.82. The van der Waals surface area contributed by atoms with Crippen LogP contribution in [0.3, 0.4) is 0 Å². The molecule has 29 heavy (non-hydrogen) atoms. The molecule has 0 saturated heterocycles. The van der Waals surface area contributed by atoms with E-state index < -0.39 is 47.3 Å². The summed E-state index contributed by atoms with van der Waals surface area (Å²) < 4.78 is 107. The lowest BCUT2D eigenvalue weighted by atomic mass is 9.99. The molecule has 3 rings (SSSR count). The number of hydrogen-bond acceptors (Lipinski definition) is 5. The molecule has 0 radical (unpaired) electrons. The first-order valence-corrected chi connectivity index (χ1v) is 9.66. The van der Waals surface area contributed by atoms with Crippen LogP contribution >= 0.6 is 0 Å². The Hall–Kier alpha value is -2.35. The number of ether oxygens (including phenoxy) is 1. The Bertz CT molecular complexity index is 969. The van der Waals surface area contributed by atoms with E-state index in [0.29, 0.717) is 5.82 Å². The highest BCUT2D eigenvalue weighted by atomic mass is 32.2. The molecule has 0 unspecified atom stereocenters. The van der Waals surface area contributed by atoms with Crippen molar-refractivity contribution in [3.63, 3.8) is 0 Å². The number of rotatable bonds is 5. The fourth-order valence-electron chi connectivity index (χ4n) is 2.84. The molecule has 0 fully saturated rings. The van der Waals surface area contributed by atoms with Crippen molar-refractivity contribution >= 4 is 10.0 Å². The van der Waals surface area contributed by atoms with Gasteiger partial charge in [-0.05, 0) is 30.7 Å². The second-order valence-corrected chi connectivity index (χ2v) is 8.03. The molecule has 2 aromatic rings. The number of benzene rings is 1. The Morgan fingerprint density at radius 1 is 1.10 bits per heavy atom. The second kappa shape index (κ2) is 7.48. The lowest BCUT2D eigenvalue weighted by Gasteiger charge is -2.26. The Morgan fingerprint density at radius 2 is 1.76 bits per heavy atom. The highest BCUT2D eigenvalue weighted by molar-refractivity contribution is 7.89. The predicted octanol–water partition coefficient (Wildman–Crippen LogP) is 2.78. The van der Waals surface area contributed by atoms with Gasteiger partial charge in [0.2, 0.25) is 10.0 Å². The SMILES string of the molecule is O=S(=O)(NCc1nnc2n1C[C@H](C(F)(F)F)CC2)c1ccc(OC(F)(F)F)cc1. The maximum absolute atomic E-state index is 13.0. The van der Waals surface area contributed by atoms with Crippen molar-refractivity contribution < 1.29 is 39.5 Å². The van der Waals surface area contributed by atoms with Crippen LogP contribution in [0.2, 0.25) is 0 Å². The van der Waals surface area contributed by atoms with Crippen molar-refractivity contribution in [1.29, 1.82) is 0 Å². The minimum atomic E-state index is -4.92. The maximum atomic E-state index is 13.0. The van der Waals surface area contributed by atoms with Crippen LogP contribution in [-0.2, 0) is 29.5 Å². The van der Waals surface area contributed by atoms with Gasteiger partial charge in [-0.25, -0.2) is 13.1 Å². The van der Waals surface area contributed by atoms with Crippen molar-refractivity contribution in [2.45, 2.75) is 43.4 Å². The number of halogens is 6. The molecule has 160 valence electrons. The Labute approximate surface area is 160 Å². The van der Waals surface area contributed by atoms with E-state index in [9.17, 15) is 34.8 Å². The summed E-state index contributed by atoms with van der Waals surface area (Å²) in [5.74, 6) is -1.84. The third-order valence-electron chi connectivity index (χ3n) is 4.27. The Balaban J connectivity index is 1.70. The number of alkyl halides is 6. The van der Waals surface area contributed by atoms with Crippen LogP contribution in [-0.4, -0.2) is 35.7 Å². The molecule has 0 amide bonds. The van der Waals surface area contributed by atoms with Crippen LogP contribution in [0.5, 0.6) is 5.75 Å². The van der Waals surface area contributed by atoms with E-state index in [-0.39, 0.29) is 23.6 Å². The summed E-state index contributed by atoms with van der Waals surface area (Å²) in [5, 5.41) is 7.52. The number of aryl methyl sites for hydroxylation is 1. The summed E-state index contributed by atoms with van der Waals surface area (Å²) >= 11 is 0. The van der Waals surface area contributed by atoms with Crippen LogP contribution in [0.4, 0.5) is 26.3 Å². The quantitative estimate of drug-likeness (QED) is 0.717. The summed E-state index contributed by atoms with van der Waals surface area (Å²) in [6, 6.07) is 3.47. The number of aromatic nitrogens is 3. The highest BCUT2D eigenvalue weighted by Gasteiger charge is 2.42. The summed E-state index contributed by atoms with van der Waals surface area (Å²) in [5.41, 5.74) is 0.